The van der Waals surface area contributed by atoms with Crippen molar-refractivity contribution in [3.8, 4) is 0 Å². The van der Waals surface area contributed by atoms with Gasteiger partial charge in [0.15, 0.2) is 5.82 Å². The lowest BCUT2D eigenvalue weighted by Gasteiger charge is -1.90. The van der Waals surface area contributed by atoms with Crippen molar-refractivity contribution in [1.82, 2.24) is 10.1 Å². The predicted octanol–water partition coefficient (Wildman–Crippen LogP) is 1.34. The number of hydrogen-bond acceptors (Lipinski definition) is 5. The van der Waals surface area contributed by atoms with E-state index in [9.17, 15) is 4.79 Å². The Labute approximate surface area is 85.9 Å². The zero-order valence-corrected chi connectivity index (χ0v) is 8.71. The van der Waals surface area contributed by atoms with Crippen molar-refractivity contribution in [2.45, 2.75) is 25.5 Å². The third-order valence-corrected chi connectivity index (χ3v) is 2.34. The highest BCUT2D eigenvalue weighted by atomic mass is 32.2. The fourth-order valence-electron chi connectivity index (χ4n) is 0.894. The SMILES string of the molecule is CCCc1nc(CSCC(=O)O)no1. The van der Waals surface area contributed by atoms with Gasteiger partial charge >= 0.3 is 5.97 Å². The number of carbonyl (C=O) groups is 1. The molecule has 1 aromatic rings. The molecule has 0 bridgehead atoms. The van der Waals surface area contributed by atoms with Crippen LogP contribution >= 0.6 is 11.8 Å². The highest BCUT2D eigenvalue weighted by Gasteiger charge is 2.06. The molecule has 0 fully saturated rings. The molecule has 0 atom stereocenters. The molecule has 0 aliphatic rings. The molecule has 0 radical (unpaired) electrons. The standard InChI is InChI=1S/C8H12N2O3S/c1-2-3-7-9-6(10-13-7)4-14-5-8(11)12/h2-5H2,1H3,(H,11,12). The summed E-state index contributed by atoms with van der Waals surface area (Å²) in [6, 6.07) is 0. The van der Waals surface area contributed by atoms with Gasteiger partial charge in [-0.2, -0.15) is 4.98 Å². The predicted molar refractivity (Wildman–Crippen MR) is 52.1 cm³/mol. The van der Waals surface area contributed by atoms with E-state index in [4.69, 9.17) is 9.63 Å². The Morgan fingerprint density at radius 1 is 1.64 bits per heavy atom. The first-order chi connectivity index (χ1) is 6.72. The van der Waals surface area contributed by atoms with Crippen molar-refractivity contribution < 1.29 is 14.4 Å². The Morgan fingerprint density at radius 2 is 2.43 bits per heavy atom. The average Bonchev–Trinajstić information content (AvgIpc) is 2.53. The molecule has 0 aliphatic heterocycles. The minimum atomic E-state index is -0.827. The first kappa shape index (κ1) is 11.0. The van der Waals surface area contributed by atoms with Crippen molar-refractivity contribution in [2.75, 3.05) is 5.75 Å². The molecule has 0 saturated heterocycles. The topological polar surface area (TPSA) is 76.2 Å². The normalized spacial score (nSPS) is 10.4. The maximum atomic E-state index is 10.2. The van der Waals surface area contributed by atoms with Gasteiger partial charge in [0.05, 0.1) is 11.5 Å². The molecule has 1 N–H and O–H groups in total. The van der Waals surface area contributed by atoms with E-state index in [-0.39, 0.29) is 5.75 Å². The first-order valence-corrected chi connectivity index (χ1v) is 5.49. The summed E-state index contributed by atoms with van der Waals surface area (Å²) in [5.74, 6) is 0.919. The van der Waals surface area contributed by atoms with Crippen LogP contribution in [0.2, 0.25) is 0 Å². The highest BCUT2D eigenvalue weighted by molar-refractivity contribution is 7.99. The molecule has 0 aromatic carbocycles. The van der Waals surface area contributed by atoms with Gasteiger partial charge in [0.1, 0.15) is 0 Å². The van der Waals surface area contributed by atoms with E-state index >= 15 is 0 Å². The van der Waals surface area contributed by atoms with Gasteiger partial charge in [0.25, 0.3) is 0 Å². The van der Waals surface area contributed by atoms with Crippen molar-refractivity contribution >= 4 is 17.7 Å². The average molecular weight is 216 g/mol. The lowest BCUT2D eigenvalue weighted by atomic mass is 10.3. The summed E-state index contributed by atoms with van der Waals surface area (Å²) in [7, 11) is 0. The molecule has 1 aromatic heterocycles. The van der Waals surface area contributed by atoms with Crippen LogP contribution in [0.4, 0.5) is 0 Å². The molecule has 78 valence electrons. The quantitative estimate of drug-likeness (QED) is 0.773. The number of aromatic nitrogens is 2. The molecule has 1 heterocycles. The van der Waals surface area contributed by atoms with Gasteiger partial charge in [-0.25, -0.2) is 0 Å². The molecule has 14 heavy (non-hydrogen) atoms. The number of aryl methyl sites for hydroxylation is 1. The van der Waals surface area contributed by atoms with Crippen LogP contribution < -0.4 is 0 Å². The summed E-state index contributed by atoms with van der Waals surface area (Å²) < 4.78 is 4.94. The fourth-order valence-corrected chi connectivity index (χ4v) is 1.47. The van der Waals surface area contributed by atoms with E-state index in [1.165, 1.54) is 11.8 Å². The summed E-state index contributed by atoms with van der Waals surface area (Å²) in [5.41, 5.74) is 0. The van der Waals surface area contributed by atoms with Crippen molar-refractivity contribution in [3.05, 3.63) is 11.7 Å². The number of rotatable bonds is 6. The number of carboxylic acid groups (broad SMARTS) is 1. The Kier molecular flexibility index (Phi) is 4.45. The molecular formula is C8H12N2O3S. The zero-order chi connectivity index (χ0) is 10.4. The van der Waals surface area contributed by atoms with Crippen LogP contribution in [0, 0.1) is 0 Å². The van der Waals surface area contributed by atoms with Crippen LogP contribution in [-0.4, -0.2) is 27.0 Å². The second-order valence-corrected chi connectivity index (χ2v) is 3.73. The van der Waals surface area contributed by atoms with E-state index < -0.39 is 5.97 Å². The van der Waals surface area contributed by atoms with Crippen molar-refractivity contribution in [3.63, 3.8) is 0 Å². The molecule has 0 amide bonds. The Hall–Kier alpha value is -1.04. The van der Waals surface area contributed by atoms with Crippen LogP contribution in [0.15, 0.2) is 4.52 Å². The van der Waals surface area contributed by atoms with E-state index in [0.717, 1.165) is 12.8 Å². The Morgan fingerprint density at radius 3 is 3.07 bits per heavy atom. The fraction of sp³-hybridized carbons (Fsp3) is 0.625. The molecular weight excluding hydrogens is 204 g/mol. The molecule has 5 nitrogen and oxygen atoms in total. The van der Waals surface area contributed by atoms with Gasteiger partial charge < -0.3 is 9.63 Å². The molecule has 0 saturated carbocycles. The highest BCUT2D eigenvalue weighted by Crippen LogP contribution is 2.09. The Bertz CT molecular complexity index is 301. The largest absolute Gasteiger partial charge is 0.481 e. The monoisotopic (exact) mass is 216 g/mol. The third-order valence-electron chi connectivity index (χ3n) is 1.43. The summed E-state index contributed by atoms with van der Waals surface area (Å²) in [6.07, 6.45) is 1.74. The van der Waals surface area contributed by atoms with Crippen molar-refractivity contribution in [1.29, 1.82) is 0 Å². The van der Waals surface area contributed by atoms with Crippen molar-refractivity contribution in [2.24, 2.45) is 0 Å². The minimum Gasteiger partial charge on any atom is -0.481 e. The van der Waals surface area contributed by atoms with Crippen LogP contribution in [0.25, 0.3) is 0 Å². The van der Waals surface area contributed by atoms with Crippen LogP contribution in [0.3, 0.4) is 0 Å². The summed E-state index contributed by atoms with van der Waals surface area (Å²) in [6.45, 7) is 2.03. The van der Waals surface area contributed by atoms with Gasteiger partial charge in [0, 0.05) is 6.42 Å². The number of thioether (sulfide) groups is 1. The molecule has 0 unspecified atom stereocenters. The first-order valence-electron chi connectivity index (χ1n) is 4.33. The van der Waals surface area contributed by atoms with Gasteiger partial charge in [-0.15, -0.1) is 11.8 Å². The summed E-state index contributed by atoms with van der Waals surface area (Å²) in [5, 5.41) is 12.1. The maximum Gasteiger partial charge on any atom is 0.313 e. The van der Waals surface area contributed by atoms with E-state index in [1.54, 1.807) is 0 Å². The van der Waals surface area contributed by atoms with Gasteiger partial charge in [-0.3, -0.25) is 4.79 Å². The van der Waals surface area contributed by atoms with Gasteiger partial charge in [-0.05, 0) is 6.42 Å². The van der Waals surface area contributed by atoms with Crippen LogP contribution in [0.1, 0.15) is 25.1 Å². The third kappa shape index (κ3) is 3.78. The van der Waals surface area contributed by atoms with Gasteiger partial charge in [-0.1, -0.05) is 12.1 Å². The lowest BCUT2D eigenvalue weighted by molar-refractivity contribution is -0.133. The number of hydrogen-bond donors (Lipinski definition) is 1. The van der Waals surface area contributed by atoms with E-state index in [1.807, 2.05) is 6.92 Å². The smallest absolute Gasteiger partial charge is 0.313 e. The Balaban J connectivity index is 2.32. The molecule has 6 heteroatoms. The summed E-state index contributed by atoms with van der Waals surface area (Å²) >= 11 is 1.26. The zero-order valence-electron chi connectivity index (χ0n) is 7.89. The number of aliphatic carboxylic acids is 1. The summed E-state index contributed by atoms with van der Waals surface area (Å²) in [4.78, 5) is 14.3. The number of carboxylic acids is 1. The van der Waals surface area contributed by atoms with E-state index in [2.05, 4.69) is 10.1 Å². The lowest BCUT2D eigenvalue weighted by Crippen LogP contribution is -1.98. The minimum absolute atomic E-state index is 0.0671. The molecule has 0 aliphatic carbocycles. The maximum absolute atomic E-state index is 10.2. The molecule has 0 spiro atoms. The van der Waals surface area contributed by atoms with Crippen LogP contribution in [0.5, 0.6) is 0 Å². The van der Waals surface area contributed by atoms with Gasteiger partial charge in [0.2, 0.25) is 5.89 Å². The second kappa shape index (κ2) is 5.64. The molecule has 1 rings (SSSR count). The van der Waals surface area contributed by atoms with Crippen LogP contribution in [-0.2, 0) is 17.0 Å². The second-order valence-electron chi connectivity index (χ2n) is 2.74. The number of nitrogens with zero attached hydrogens (tertiary/aromatic N) is 2. The van der Waals surface area contributed by atoms with E-state index in [0.29, 0.717) is 17.5 Å².